The Kier molecular flexibility index (Phi) is 4.42. The van der Waals surface area contributed by atoms with Gasteiger partial charge in [0.2, 0.25) is 0 Å². The Labute approximate surface area is 114 Å². The van der Waals surface area contributed by atoms with Crippen LogP contribution >= 0.6 is 0 Å². The number of aryl methyl sites for hydroxylation is 1. The number of ether oxygens (including phenoxy) is 1. The summed E-state index contributed by atoms with van der Waals surface area (Å²) in [6, 6.07) is 15.7. The number of nitrogen functional groups attached to an aromatic ring is 1. The third-order valence-electron chi connectivity index (χ3n) is 2.93. The maximum absolute atomic E-state index is 5.75. The van der Waals surface area contributed by atoms with Crippen LogP contribution in [0.2, 0.25) is 0 Å². The van der Waals surface area contributed by atoms with Crippen LogP contribution < -0.4 is 16.2 Å². The second-order valence-corrected chi connectivity index (χ2v) is 4.83. The first-order chi connectivity index (χ1) is 9.13. The van der Waals surface area contributed by atoms with Gasteiger partial charge >= 0.3 is 0 Å². The molecule has 0 aliphatic carbocycles. The first-order valence-electron chi connectivity index (χ1n) is 6.51. The lowest BCUT2D eigenvalue weighted by molar-refractivity contribution is 0.482. The number of rotatable bonds is 5. The lowest BCUT2D eigenvalue weighted by Crippen LogP contribution is -2.15. The van der Waals surface area contributed by atoms with Gasteiger partial charge in [0.1, 0.15) is 11.5 Å². The Morgan fingerprint density at radius 1 is 0.947 bits per heavy atom. The highest BCUT2D eigenvalue weighted by Crippen LogP contribution is 2.22. The number of hydrogen-bond acceptors (Lipinski definition) is 3. The molecule has 2 aromatic rings. The molecule has 0 aliphatic heterocycles. The average Bonchev–Trinajstić information content (AvgIpc) is 2.40. The summed E-state index contributed by atoms with van der Waals surface area (Å²) in [7, 11) is 0. The summed E-state index contributed by atoms with van der Waals surface area (Å²) in [6.45, 7) is 2.03. The first kappa shape index (κ1) is 13.4. The molecule has 2 aromatic carbocycles. The average molecular weight is 256 g/mol. The number of hydrogen-bond donors (Lipinski definition) is 2. The zero-order valence-electron chi connectivity index (χ0n) is 11.2. The van der Waals surface area contributed by atoms with Crippen molar-refractivity contribution in [3.05, 3.63) is 54.1 Å². The van der Waals surface area contributed by atoms with Crippen LogP contribution in [0, 0.1) is 0 Å². The van der Waals surface area contributed by atoms with Gasteiger partial charge in [0.15, 0.2) is 0 Å². The zero-order valence-corrected chi connectivity index (χ0v) is 11.2. The topological polar surface area (TPSA) is 61.3 Å². The SMILES string of the molecule is CC(N)CCc1ccc(Oc2ccc(N)cc2)cc1. The third kappa shape index (κ3) is 4.30. The molecule has 4 N–H and O–H groups in total. The molecule has 1 unspecified atom stereocenters. The van der Waals surface area contributed by atoms with E-state index in [9.17, 15) is 0 Å². The molecule has 0 bridgehead atoms. The van der Waals surface area contributed by atoms with E-state index in [4.69, 9.17) is 16.2 Å². The second kappa shape index (κ2) is 6.25. The molecule has 2 rings (SSSR count). The highest BCUT2D eigenvalue weighted by molar-refractivity contribution is 5.43. The van der Waals surface area contributed by atoms with Crippen molar-refractivity contribution in [2.45, 2.75) is 25.8 Å². The fraction of sp³-hybridized carbons (Fsp3) is 0.250. The Bertz CT molecular complexity index is 503. The largest absolute Gasteiger partial charge is 0.457 e. The van der Waals surface area contributed by atoms with Gasteiger partial charge in [-0.25, -0.2) is 0 Å². The third-order valence-corrected chi connectivity index (χ3v) is 2.93. The van der Waals surface area contributed by atoms with Gasteiger partial charge in [-0.1, -0.05) is 12.1 Å². The van der Waals surface area contributed by atoms with Gasteiger partial charge in [-0.05, 0) is 61.7 Å². The molecule has 0 amide bonds. The summed E-state index contributed by atoms with van der Waals surface area (Å²) in [5.74, 6) is 1.62. The molecule has 0 spiro atoms. The van der Waals surface area contributed by atoms with Crippen LogP contribution in [0.4, 0.5) is 5.69 Å². The van der Waals surface area contributed by atoms with Crippen molar-refractivity contribution in [1.82, 2.24) is 0 Å². The quantitative estimate of drug-likeness (QED) is 0.806. The van der Waals surface area contributed by atoms with E-state index in [0.29, 0.717) is 0 Å². The van der Waals surface area contributed by atoms with Crippen LogP contribution in [0.5, 0.6) is 11.5 Å². The van der Waals surface area contributed by atoms with E-state index < -0.39 is 0 Å². The molecule has 0 saturated carbocycles. The van der Waals surface area contributed by atoms with E-state index >= 15 is 0 Å². The minimum atomic E-state index is 0.241. The van der Waals surface area contributed by atoms with Crippen LogP contribution in [0.1, 0.15) is 18.9 Å². The highest BCUT2D eigenvalue weighted by Gasteiger charge is 2.00. The van der Waals surface area contributed by atoms with Crippen molar-refractivity contribution in [3.63, 3.8) is 0 Å². The van der Waals surface area contributed by atoms with Crippen molar-refractivity contribution in [2.75, 3.05) is 5.73 Å². The maximum Gasteiger partial charge on any atom is 0.127 e. The first-order valence-corrected chi connectivity index (χ1v) is 6.51. The van der Waals surface area contributed by atoms with Gasteiger partial charge in [0, 0.05) is 11.7 Å². The van der Waals surface area contributed by atoms with E-state index in [0.717, 1.165) is 30.0 Å². The number of nitrogens with two attached hydrogens (primary N) is 2. The van der Waals surface area contributed by atoms with E-state index in [1.54, 1.807) is 0 Å². The van der Waals surface area contributed by atoms with E-state index in [2.05, 4.69) is 12.1 Å². The van der Waals surface area contributed by atoms with Crippen LogP contribution in [-0.4, -0.2) is 6.04 Å². The Morgan fingerprint density at radius 3 is 2.00 bits per heavy atom. The Hall–Kier alpha value is -2.00. The van der Waals surface area contributed by atoms with Gasteiger partial charge in [0.25, 0.3) is 0 Å². The molecule has 3 heteroatoms. The molecule has 1 atom stereocenters. The Balaban J connectivity index is 1.96. The molecular formula is C16H20N2O. The maximum atomic E-state index is 5.75. The summed E-state index contributed by atoms with van der Waals surface area (Å²) in [4.78, 5) is 0. The lowest BCUT2D eigenvalue weighted by atomic mass is 10.1. The van der Waals surface area contributed by atoms with Crippen LogP contribution in [0.3, 0.4) is 0 Å². The summed E-state index contributed by atoms with van der Waals surface area (Å²) in [5, 5.41) is 0. The van der Waals surface area contributed by atoms with Gasteiger partial charge in [-0.15, -0.1) is 0 Å². The minimum absolute atomic E-state index is 0.241. The fourth-order valence-corrected chi connectivity index (χ4v) is 1.79. The summed E-state index contributed by atoms with van der Waals surface area (Å²) < 4.78 is 5.73. The highest BCUT2D eigenvalue weighted by atomic mass is 16.5. The predicted molar refractivity (Wildman–Crippen MR) is 79.3 cm³/mol. The zero-order chi connectivity index (χ0) is 13.7. The van der Waals surface area contributed by atoms with Gasteiger partial charge < -0.3 is 16.2 Å². The van der Waals surface area contributed by atoms with Gasteiger partial charge in [-0.3, -0.25) is 0 Å². The van der Waals surface area contributed by atoms with Crippen molar-refractivity contribution < 1.29 is 4.74 Å². The molecule has 0 saturated heterocycles. The van der Waals surface area contributed by atoms with Gasteiger partial charge in [0.05, 0.1) is 0 Å². The molecule has 19 heavy (non-hydrogen) atoms. The lowest BCUT2D eigenvalue weighted by Gasteiger charge is -2.08. The smallest absolute Gasteiger partial charge is 0.127 e. The van der Waals surface area contributed by atoms with Crippen LogP contribution in [-0.2, 0) is 6.42 Å². The van der Waals surface area contributed by atoms with Crippen LogP contribution in [0.15, 0.2) is 48.5 Å². The van der Waals surface area contributed by atoms with Crippen LogP contribution in [0.25, 0.3) is 0 Å². The summed E-state index contributed by atoms with van der Waals surface area (Å²) in [6.07, 6.45) is 2.00. The van der Waals surface area contributed by atoms with E-state index in [1.165, 1.54) is 5.56 Å². The van der Waals surface area contributed by atoms with E-state index in [-0.39, 0.29) is 6.04 Å². The van der Waals surface area contributed by atoms with Crippen molar-refractivity contribution in [3.8, 4) is 11.5 Å². The van der Waals surface area contributed by atoms with Crippen molar-refractivity contribution in [1.29, 1.82) is 0 Å². The Morgan fingerprint density at radius 2 is 1.47 bits per heavy atom. The molecule has 3 nitrogen and oxygen atoms in total. The molecule has 100 valence electrons. The second-order valence-electron chi connectivity index (χ2n) is 4.83. The normalized spacial score (nSPS) is 12.1. The standard InChI is InChI=1S/C16H20N2O/c1-12(17)2-3-13-4-8-15(9-5-13)19-16-10-6-14(18)7-11-16/h4-12H,2-3,17-18H2,1H3. The molecular weight excluding hydrogens is 236 g/mol. The van der Waals surface area contributed by atoms with E-state index in [1.807, 2.05) is 43.3 Å². The minimum Gasteiger partial charge on any atom is -0.457 e. The van der Waals surface area contributed by atoms with Gasteiger partial charge in [-0.2, -0.15) is 0 Å². The number of anilines is 1. The summed E-state index contributed by atoms with van der Waals surface area (Å²) in [5.41, 5.74) is 13.4. The predicted octanol–water partition coefficient (Wildman–Crippen LogP) is 3.34. The van der Waals surface area contributed by atoms with Crippen molar-refractivity contribution >= 4 is 5.69 Å². The molecule has 0 fully saturated rings. The summed E-state index contributed by atoms with van der Waals surface area (Å²) >= 11 is 0. The molecule has 0 aromatic heterocycles. The van der Waals surface area contributed by atoms with Crippen molar-refractivity contribution in [2.24, 2.45) is 5.73 Å². The molecule has 0 radical (unpaired) electrons. The fourth-order valence-electron chi connectivity index (χ4n) is 1.79. The molecule has 0 heterocycles. The monoisotopic (exact) mass is 256 g/mol. The number of benzene rings is 2. The molecule has 0 aliphatic rings.